The van der Waals surface area contributed by atoms with Crippen LogP contribution in [0.2, 0.25) is 0 Å². The highest BCUT2D eigenvalue weighted by atomic mass is 16.2. The van der Waals surface area contributed by atoms with Crippen molar-refractivity contribution < 1.29 is 4.79 Å². The fraction of sp³-hybridized carbons (Fsp3) is 0.700. The zero-order valence-corrected chi connectivity index (χ0v) is 16.2. The number of likely N-dealkylation sites (N-methyl/N-ethyl adjacent to an activating group) is 1. The molecular formula is C20H35N3O. The van der Waals surface area contributed by atoms with E-state index in [1.807, 2.05) is 24.1 Å². The molecule has 0 saturated heterocycles. The highest BCUT2D eigenvalue weighted by Gasteiger charge is 2.25. The van der Waals surface area contributed by atoms with Gasteiger partial charge in [-0.15, -0.1) is 0 Å². The lowest BCUT2D eigenvalue weighted by Crippen LogP contribution is -2.41. The van der Waals surface area contributed by atoms with Gasteiger partial charge in [-0.05, 0) is 44.1 Å². The van der Waals surface area contributed by atoms with Crippen LogP contribution in [0.15, 0.2) is 23.3 Å². The summed E-state index contributed by atoms with van der Waals surface area (Å²) in [6, 6.07) is 0.331. The molecule has 4 nitrogen and oxygen atoms in total. The topological polar surface area (TPSA) is 47.4 Å². The minimum atomic E-state index is 0.189. The Kier molecular flexibility index (Phi) is 8.80. The number of nitrogens with zero attached hydrogens (tertiary/aromatic N) is 2. The van der Waals surface area contributed by atoms with E-state index in [9.17, 15) is 4.79 Å². The van der Waals surface area contributed by atoms with Gasteiger partial charge >= 0.3 is 0 Å². The SMILES string of the molecule is CCCN(C)C(=N)C1=CC=C(C(=O)N(CCC)C(CC)CC)CC1. The second-order valence-corrected chi connectivity index (χ2v) is 6.62. The van der Waals surface area contributed by atoms with E-state index >= 15 is 0 Å². The van der Waals surface area contributed by atoms with Gasteiger partial charge in [0.25, 0.3) is 0 Å². The monoisotopic (exact) mass is 333 g/mol. The summed E-state index contributed by atoms with van der Waals surface area (Å²) in [5.41, 5.74) is 1.93. The lowest BCUT2D eigenvalue weighted by Gasteiger charge is -2.32. The lowest BCUT2D eigenvalue weighted by atomic mass is 9.95. The smallest absolute Gasteiger partial charge is 0.250 e. The van der Waals surface area contributed by atoms with Crippen molar-refractivity contribution in [3.8, 4) is 0 Å². The Hall–Kier alpha value is -1.58. The number of carbonyl (C=O) groups excluding carboxylic acids is 1. The molecule has 0 heterocycles. The number of carbonyl (C=O) groups is 1. The van der Waals surface area contributed by atoms with E-state index in [0.717, 1.165) is 62.8 Å². The first-order valence-electron chi connectivity index (χ1n) is 9.50. The summed E-state index contributed by atoms with van der Waals surface area (Å²) in [5, 5.41) is 8.28. The third-order valence-corrected chi connectivity index (χ3v) is 4.78. The Labute approximate surface area is 148 Å². The Balaban J connectivity index is 2.87. The molecule has 136 valence electrons. The third kappa shape index (κ3) is 5.22. The lowest BCUT2D eigenvalue weighted by molar-refractivity contribution is -0.129. The van der Waals surface area contributed by atoms with Gasteiger partial charge in [0.2, 0.25) is 5.91 Å². The number of hydrogen-bond donors (Lipinski definition) is 1. The Bertz CT molecular complexity index is 489. The number of hydrogen-bond acceptors (Lipinski definition) is 2. The predicted molar refractivity (Wildman–Crippen MR) is 102 cm³/mol. The van der Waals surface area contributed by atoms with Crippen LogP contribution in [0, 0.1) is 5.41 Å². The van der Waals surface area contributed by atoms with E-state index in [2.05, 4.69) is 32.6 Å². The molecule has 1 aliphatic carbocycles. The van der Waals surface area contributed by atoms with Gasteiger partial charge in [-0.1, -0.05) is 39.8 Å². The summed E-state index contributed by atoms with van der Waals surface area (Å²) in [5.74, 6) is 0.777. The van der Waals surface area contributed by atoms with Crippen molar-refractivity contribution in [2.75, 3.05) is 20.1 Å². The first-order chi connectivity index (χ1) is 11.5. The number of rotatable bonds is 9. The molecule has 1 amide bonds. The summed E-state index contributed by atoms with van der Waals surface area (Å²) in [4.78, 5) is 17.0. The fourth-order valence-corrected chi connectivity index (χ4v) is 3.31. The molecule has 1 rings (SSSR count). The quantitative estimate of drug-likeness (QED) is 0.503. The van der Waals surface area contributed by atoms with Crippen LogP contribution in [0.1, 0.15) is 66.2 Å². The summed E-state index contributed by atoms with van der Waals surface area (Å²) in [7, 11) is 1.97. The third-order valence-electron chi connectivity index (χ3n) is 4.78. The molecule has 0 saturated carbocycles. The Morgan fingerprint density at radius 1 is 1.04 bits per heavy atom. The van der Waals surface area contributed by atoms with Gasteiger partial charge in [0, 0.05) is 31.8 Å². The Morgan fingerprint density at radius 3 is 2.04 bits per heavy atom. The molecule has 24 heavy (non-hydrogen) atoms. The van der Waals surface area contributed by atoms with Gasteiger partial charge < -0.3 is 9.80 Å². The van der Waals surface area contributed by atoms with Crippen LogP contribution in [0.4, 0.5) is 0 Å². The van der Waals surface area contributed by atoms with Crippen LogP contribution in [0.3, 0.4) is 0 Å². The van der Waals surface area contributed by atoms with E-state index in [4.69, 9.17) is 5.41 Å². The molecule has 0 unspecified atom stereocenters. The summed E-state index contributed by atoms with van der Waals surface area (Å²) >= 11 is 0. The largest absolute Gasteiger partial charge is 0.360 e. The van der Waals surface area contributed by atoms with E-state index in [0.29, 0.717) is 11.9 Å². The normalized spacial score (nSPS) is 14.2. The van der Waals surface area contributed by atoms with Gasteiger partial charge in [0.1, 0.15) is 5.84 Å². The molecule has 0 radical (unpaired) electrons. The van der Waals surface area contributed by atoms with Crippen molar-refractivity contribution in [3.63, 3.8) is 0 Å². The predicted octanol–water partition coefficient (Wildman–Crippen LogP) is 4.38. The van der Waals surface area contributed by atoms with Crippen LogP contribution in [0.5, 0.6) is 0 Å². The summed E-state index contributed by atoms with van der Waals surface area (Å²) in [6.45, 7) is 10.3. The van der Waals surface area contributed by atoms with Crippen LogP contribution in [-0.4, -0.2) is 47.7 Å². The number of amides is 1. The van der Waals surface area contributed by atoms with Crippen molar-refractivity contribution in [1.82, 2.24) is 9.80 Å². The minimum absolute atomic E-state index is 0.189. The van der Waals surface area contributed by atoms with Gasteiger partial charge in [-0.3, -0.25) is 10.2 Å². The van der Waals surface area contributed by atoms with Gasteiger partial charge in [0.15, 0.2) is 0 Å². The summed E-state index contributed by atoms with van der Waals surface area (Å²) in [6.07, 6.45) is 9.48. The molecular weight excluding hydrogens is 298 g/mol. The average Bonchev–Trinajstić information content (AvgIpc) is 2.61. The van der Waals surface area contributed by atoms with Crippen LogP contribution in [-0.2, 0) is 4.79 Å². The van der Waals surface area contributed by atoms with E-state index in [1.54, 1.807) is 0 Å². The van der Waals surface area contributed by atoms with Crippen molar-refractivity contribution in [2.24, 2.45) is 0 Å². The van der Waals surface area contributed by atoms with Crippen molar-refractivity contribution in [1.29, 1.82) is 5.41 Å². The van der Waals surface area contributed by atoms with Crippen LogP contribution in [0.25, 0.3) is 0 Å². The second-order valence-electron chi connectivity index (χ2n) is 6.62. The zero-order chi connectivity index (χ0) is 18.1. The van der Waals surface area contributed by atoms with Gasteiger partial charge in [0.05, 0.1) is 0 Å². The first kappa shape index (κ1) is 20.5. The average molecular weight is 334 g/mol. The second kappa shape index (κ2) is 10.3. The Morgan fingerprint density at radius 2 is 1.58 bits per heavy atom. The highest BCUT2D eigenvalue weighted by Crippen LogP contribution is 2.23. The minimum Gasteiger partial charge on any atom is -0.360 e. The molecule has 0 aromatic rings. The van der Waals surface area contributed by atoms with E-state index in [-0.39, 0.29) is 5.91 Å². The molecule has 0 bridgehead atoms. The molecule has 0 fully saturated rings. The van der Waals surface area contributed by atoms with Crippen LogP contribution < -0.4 is 0 Å². The molecule has 0 atom stereocenters. The molecule has 0 spiro atoms. The molecule has 0 aliphatic heterocycles. The maximum Gasteiger partial charge on any atom is 0.250 e. The first-order valence-corrected chi connectivity index (χ1v) is 9.50. The standard InChI is InChI=1S/C20H35N3O/c1-6-14-22(5)19(21)16-10-12-17(13-11-16)20(24)23(15-7-2)18(8-3)9-4/h10,12,18,21H,6-9,11,13-15H2,1-5H3. The van der Waals surface area contributed by atoms with Crippen molar-refractivity contribution in [3.05, 3.63) is 23.3 Å². The zero-order valence-electron chi connectivity index (χ0n) is 16.2. The molecule has 4 heteroatoms. The molecule has 0 aromatic carbocycles. The van der Waals surface area contributed by atoms with Gasteiger partial charge in [-0.25, -0.2) is 0 Å². The molecule has 1 N–H and O–H groups in total. The fourth-order valence-electron chi connectivity index (χ4n) is 3.31. The molecule has 1 aliphatic rings. The van der Waals surface area contributed by atoms with Crippen molar-refractivity contribution >= 4 is 11.7 Å². The number of amidine groups is 1. The van der Waals surface area contributed by atoms with E-state index < -0.39 is 0 Å². The van der Waals surface area contributed by atoms with Gasteiger partial charge in [-0.2, -0.15) is 0 Å². The van der Waals surface area contributed by atoms with E-state index in [1.165, 1.54) is 0 Å². The van der Waals surface area contributed by atoms with Crippen LogP contribution >= 0.6 is 0 Å². The maximum absolute atomic E-state index is 12.9. The molecule has 0 aromatic heterocycles. The number of allylic oxidation sites excluding steroid dienone is 2. The van der Waals surface area contributed by atoms with Crippen molar-refractivity contribution in [2.45, 2.75) is 72.3 Å². The highest BCUT2D eigenvalue weighted by molar-refractivity contribution is 5.99. The summed E-state index contributed by atoms with van der Waals surface area (Å²) < 4.78 is 0. The maximum atomic E-state index is 12.9. The number of nitrogens with one attached hydrogen (secondary N) is 1.